The van der Waals surface area contributed by atoms with Crippen molar-refractivity contribution in [2.45, 2.75) is 13.0 Å². The smallest absolute Gasteiger partial charge is 0.351 e. The van der Waals surface area contributed by atoms with Crippen LogP contribution in [0.1, 0.15) is 28.3 Å². The lowest BCUT2D eigenvalue weighted by atomic mass is 10.1. The highest BCUT2D eigenvalue weighted by Gasteiger charge is 2.24. The van der Waals surface area contributed by atoms with E-state index in [0.29, 0.717) is 45.0 Å². The van der Waals surface area contributed by atoms with Crippen LogP contribution in [0.25, 0.3) is 16.0 Å². The molecule has 12 heteroatoms. The van der Waals surface area contributed by atoms with Crippen LogP contribution < -0.4 is 18.9 Å². The summed E-state index contributed by atoms with van der Waals surface area (Å²) in [5.41, 5.74) is 2.25. The first-order valence-corrected chi connectivity index (χ1v) is 14.8. The molecule has 0 amide bonds. The van der Waals surface area contributed by atoms with Crippen molar-refractivity contribution in [1.29, 1.82) is 0 Å². The molecule has 4 aromatic rings. The van der Waals surface area contributed by atoms with Crippen molar-refractivity contribution >= 4 is 39.9 Å². The topological polar surface area (TPSA) is 87.5 Å². The van der Waals surface area contributed by atoms with E-state index in [-0.39, 0.29) is 0 Å². The predicted molar refractivity (Wildman–Crippen MR) is 163 cm³/mol. The maximum Gasteiger partial charge on any atom is 0.351 e. The van der Waals surface area contributed by atoms with Crippen LogP contribution in [0.5, 0.6) is 23.0 Å². The fourth-order valence-electron chi connectivity index (χ4n) is 4.88. The highest BCUT2D eigenvalue weighted by molar-refractivity contribution is 7.16. The second-order valence-corrected chi connectivity index (χ2v) is 11.4. The molecule has 0 bridgehead atoms. The lowest BCUT2D eigenvalue weighted by molar-refractivity contribution is 0.0600. The molecular formula is C30H35ClN4O6S. The summed E-state index contributed by atoms with van der Waals surface area (Å²) in [6.07, 6.45) is 1.21. The van der Waals surface area contributed by atoms with Gasteiger partial charge in [-0.2, -0.15) is 0 Å². The Bertz CT molecular complexity index is 1550. The van der Waals surface area contributed by atoms with Crippen LogP contribution in [-0.4, -0.2) is 93.0 Å². The minimum Gasteiger partial charge on any atom is -0.493 e. The predicted octanol–water partition coefficient (Wildman–Crippen LogP) is 5.31. The molecule has 1 fully saturated rings. The van der Waals surface area contributed by atoms with E-state index >= 15 is 0 Å². The number of aromatic nitrogens is 2. The summed E-state index contributed by atoms with van der Waals surface area (Å²) in [5, 5.41) is 1.21. The van der Waals surface area contributed by atoms with Crippen LogP contribution >= 0.6 is 22.9 Å². The quantitative estimate of drug-likeness (QED) is 0.209. The molecule has 1 aliphatic heterocycles. The van der Waals surface area contributed by atoms with Crippen molar-refractivity contribution in [3.05, 3.63) is 58.2 Å². The molecule has 0 saturated carbocycles. The number of hydrogen-bond donors (Lipinski definition) is 0. The molecule has 0 aliphatic carbocycles. The number of fused-ring (bicyclic) bond motifs is 1. The summed E-state index contributed by atoms with van der Waals surface area (Å²) in [6.45, 7) is 7.43. The van der Waals surface area contributed by atoms with Crippen molar-refractivity contribution in [2.75, 3.05) is 67.7 Å². The molecule has 0 unspecified atom stereocenters. The maximum atomic E-state index is 12.8. The monoisotopic (exact) mass is 614 g/mol. The van der Waals surface area contributed by atoms with E-state index in [1.54, 1.807) is 32.7 Å². The molecule has 0 spiro atoms. The van der Waals surface area contributed by atoms with E-state index in [0.717, 1.165) is 48.8 Å². The van der Waals surface area contributed by atoms with Gasteiger partial charge in [-0.25, -0.2) is 9.78 Å². The SMILES string of the molecule is COC(=O)c1sc(-n2cnc3cc(OC)c(OC)cc32)cc1O[C@H](C)c1cccc(OCCN2CCN(C)CC2)c1Cl. The third-order valence-electron chi connectivity index (χ3n) is 7.34. The number of thiophene rings is 1. The van der Waals surface area contributed by atoms with Crippen molar-refractivity contribution in [3.63, 3.8) is 0 Å². The van der Waals surface area contributed by atoms with Gasteiger partial charge in [0.2, 0.25) is 0 Å². The Labute approximate surface area is 254 Å². The summed E-state index contributed by atoms with van der Waals surface area (Å²) in [6, 6.07) is 11.1. The Morgan fingerprint density at radius 1 is 1.02 bits per heavy atom. The van der Waals surface area contributed by atoms with Crippen LogP contribution in [0, 0.1) is 0 Å². The summed E-state index contributed by atoms with van der Waals surface area (Å²) in [4.78, 5) is 22.3. The zero-order chi connectivity index (χ0) is 29.8. The van der Waals surface area contributed by atoms with Gasteiger partial charge >= 0.3 is 5.97 Å². The molecule has 42 heavy (non-hydrogen) atoms. The van der Waals surface area contributed by atoms with Gasteiger partial charge < -0.3 is 28.6 Å². The Morgan fingerprint density at radius 2 is 1.76 bits per heavy atom. The van der Waals surface area contributed by atoms with Gasteiger partial charge in [0.25, 0.3) is 0 Å². The van der Waals surface area contributed by atoms with Crippen molar-refractivity contribution in [2.24, 2.45) is 0 Å². The molecule has 224 valence electrons. The average molecular weight is 615 g/mol. The molecule has 2 aromatic heterocycles. The minimum atomic E-state index is -0.496. The summed E-state index contributed by atoms with van der Waals surface area (Å²) in [5.74, 6) is 1.64. The Hall–Kier alpha value is -3.51. The number of hydrogen-bond acceptors (Lipinski definition) is 10. The molecule has 0 N–H and O–H groups in total. The summed E-state index contributed by atoms with van der Waals surface area (Å²) >= 11 is 8.04. The lowest BCUT2D eigenvalue weighted by Crippen LogP contribution is -2.45. The number of halogens is 1. The number of esters is 1. The van der Waals surface area contributed by atoms with E-state index in [4.69, 9.17) is 35.3 Å². The van der Waals surface area contributed by atoms with Crippen LogP contribution in [-0.2, 0) is 4.74 Å². The van der Waals surface area contributed by atoms with Crippen molar-refractivity contribution in [1.82, 2.24) is 19.4 Å². The first-order chi connectivity index (χ1) is 20.3. The number of rotatable bonds is 11. The third kappa shape index (κ3) is 6.29. The second-order valence-electron chi connectivity index (χ2n) is 9.99. The number of benzene rings is 2. The third-order valence-corrected chi connectivity index (χ3v) is 8.84. The van der Waals surface area contributed by atoms with Crippen molar-refractivity contribution < 1.29 is 28.5 Å². The van der Waals surface area contributed by atoms with E-state index < -0.39 is 12.1 Å². The Kier molecular flexibility index (Phi) is 9.42. The van der Waals surface area contributed by atoms with Gasteiger partial charge in [0.15, 0.2) is 16.4 Å². The largest absolute Gasteiger partial charge is 0.493 e. The zero-order valence-corrected chi connectivity index (χ0v) is 26.0. The highest BCUT2D eigenvalue weighted by atomic mass is 35.5. The Morgan fingerprint density at radius 3 is 2.48 bits per heavy atom. The van der Waals surface area contributed by atoms with Crippen LogP contribution in [0.3, 0.4) is 0 Å². The van der Waals surface area contributed by atoms with E-state index in [9.17, 15) is 4.79 Å². The molecule has 5 rings (SSSR count). The first-order valence-electron chi connectivity index (χ1n) is 13.6. The lowest BCUT2D eigenvalue weighted by Gasteiger charge is -2.32. The number of ether oxygens (including phenoxy) is 5. The number of likely N-dealkylation sites (N-methyl/N-ethyl adjacent to an activating group) is 1. The summed E-state index contributed by atoms with van der Waals surface area (Å²) in [7, 11) is 6.65. The zero-order valence-electron chi connectivity index (χ0n) is 24.4. The van der Waals surface area contributed by atoms with Gasteiger partial charge in [0.05, 0.1) is 37.4 Å². The number of piperazine rings is 1. The second kappa shape index (κ2) is 13.2. The molecule has 1 aliphatic rings. The van der Waals surface area contributed by atoms with Gasteiger partial charge in [-0.15, -0.1) is 11.3 Å². The van der Waals surface area contributed by atoms with Gasteiger partial charge in [-0.05, 0) is 20.0 Å². The number of methoxy groups -OCH3 is 3. The standard InChI is InChI=1S/C30H35ClN4O6S/c1-19(20-7-6-8-23(28(20)31)40-14-13-34-11-9-33(2)10-12-34)41-26-17-27(42-29(26)30(36)39-5)35-18-32-21-15-24(37-3)25(38-4)16-22(21)35/h6-8,15-19H,9-14H2,1-5H3/t19-/m1/s1. The van der Waals surface area contributed by atoms with Gasteiger partial charge in [0.1, 0.15) is 35.5 Å². The molecule has 3 heterocycles. The van der Waals surface area contributed by atoms with Crippen LogP contribution in [0.4, 0.5) is 0 Å². The number of imidazole rings is 1. The molecule has 10 nitrogen and oxygen atoms in total. The maximum absolute atomic E-state index is 12.8. The fourth-order valence-corrected chi connectivity index (χ4v) is 6.21. The first kappa shape index (κ1) is 30.0. The molecule has 1 atom stereocenters. The minimum absolute atomic E-state index is 0.331. The number of nitrogens with zero attached hydrogens (tertiary/aromatic N) is 4. The van der Waals surface area contributed by atoms with Crippen LogP contribution in [0.15, 0.2) is 42.7 Å². The van der Waals surface area contributed by atoms with Gasteiger partial charge in [-0.3, -0.25) is 9.47 Å². The van der Waals surface area contributed by atoms with Gasteiger partial charge in [-0.1, -0.05) is 23.7 Å². The highest BCUT2D eigenvalue weighted by Crippen LogP contribution is 2.40. The van der Waals surface area contributed by atoms with Gasteiger partial charge in [0, 0.05) is 56.5 Å². The number of carbonyl (C=O) groups is 1. The number of carbonyl (C=O) groups excluding carboxylic acids is 1. The molecule has 2 aromatic carbocycles. The molecule has 0 radical (unpaired) electrons. The summed E-state index contributed by atoms with van der Waals surface area (Å²) < 4.78 is 30.3. The normalized spacial score (nSPS) is 15.0. The fraction of sp³-hybridized carbons (Fsp3) is 0.400. The van der Waals surface area contributed by atoms with Crippen LogP contribution in [0.2, 0.25) is 5.02 Å². The van der Waals surface area contributed by atoms with E-state index in [2.05, 4.69) is 21.8 Å². The molecular weight excluding hydrogens is 580 g/mol. The van der Waals surface area contributed by atoms with E-state index in [1.807, 2.05) is 35.8 Å². The molecule has 1 saturated heterocycles. The average Bonchev–Trinajstić information content (AvgIpc) is 3.61. The Balaban J connectivity index is 1.36. The van der Waals surface area contributed by atoms with E-state index in [1.165, 1.54) is 18.4 Å². The van der Waals surface area contributed by atoms with Crippen molar-refractivity contribution in [3.8, 4) is 28.0 Å².